The monoisotopic (exact) mass is 388 g/mol. The number of hydrogen-bond acceptors (Lipinski definition) is 5. The van der Waals surface area contributed by atoms with Gasteiger partial charge in [-0.2, -0.15) is 0 Å². The lowest BCUT2D eigenvalue weighted by molar-refractivity contribution is 0.100. The van der Waals surface area contributed by atoms with Crippen molar-refractivity contribution in [3.63, 3.8) is 0 Å². The van der Waals surface area contributed by atoms with Crippen LogP contribution in [-0.2, 0) is 5.75 Å². The molecule has 3 rings (SSSR count). The molecule has 142 valence electrons. The molecule has 6 nitrogen and oxygen atoms in total. The third-order valence-corrected chi connectivity index (χ3v) is 4.87. The minimum absolute atomic E-state index is 0.203. The van der Waals surface area contributed by atoms with Crippen LogP contribution in [0.5, 0.6) is 5.75 Å². The maximum Gasteiger partial charge on any atom is 0.248 e. The predicted octanol–water partition coefficient (Wildman–Crippen LogP) is 3.03. The molecule has 0 bridgehead atoms. The van der Waals surface area contributed by atoms with Crippen LogP contribution in [0.3, 0.4) is 0 Å². The van der Waals surface area contributed by atoms with Crippen LogP contribution in [0.15, 0.2) is 41.6 Å². The molecule has 1 heterocycles. The predicted molar refractivity (Wildman–Crippen MR) is 105 cm³/mol. The summed E-state index contributed by atoms with van der Waals surface area (Å²) >= 11 is 1.49. The molecule has 0 saturated carbocycles. The number of rotatable bonds is 8. The van der Waals surface area contributed by atoms with E-state index in [1.54, 1.807) is 18.2 Å². The number of thioether (sulfide) groups is 1. The van der Waals surface area contributed by atoms with E-state index in [1.165, 1.54) is 17.8 Å². The molecule has 1 aromatic heterocycles. The Balaban J connectivity index is 1.67. The van der Waals surface area contributed by atoms with Crippen LogP contribution in [0.4, 0.5) is 4.39 Å². The highest BCUT2D eigenvalue weighted by Crippen LogP contribution is 2.27. The first-order valence-electron chi connectivity index (χ1n) is 8.40. The van der Waals surface area contributed by atoms with Gasteiger partial charge in [-0.15, -0.1) is 0 Å². The van der Waals surface area contributed by atoms with E-state index in [9.17, 15) is 9.18 Å². The highest BCUT2D eigenvalue weighted by Gasteiger charge is 2.11. The second kappa shape index (κ2) is 8.41. The minimum Gasteiger partial charge on any atom is -0.489 e. The first kappa shape index (κ1) is 19.2. The van der Waals surface area contributed by atoms with Gasteiger partial charge >= 0.3 is 0 Å². The van der Waals surface area contributed by atoms with Crippen LogP contribution in [0.1, 0.15) is 15.9 Å². The van der Waals surface area contributed by atoms with Crippen LogP contribution in [0.25, 0.3) is 11.0 Å². The van der Waals surface area contributed by atoms with Crippen molar-refractivity contribution in [3.05, 3.63) is 53.3 Å². The van der Waals surface area contributed by atoms with E-state index in [0.717, 1.165) is 5.56 Å². The van der Waals surface area contributed by atoms with Crippen molar-refractivity contribution < 1.29 is 13.9 Å². The summed E-state index contributed by atoms with van der Waals surface area (Å²) in [6.45, 7) is 1.11. The van der Waals surface area contributed by atoms with Crippen LogP contribution < -0.4 is 10.5 Å². The summed E-state index contributed by atoms with van der Waals surface area (Å²) in [5.74, 6) is 0.00290. The van der Waals surface area contributed by atoms with Crippen LogP contribution >= 0.6 is 11.8 Å². The molecule has 0 atom stereocenters. The number of nitrogens with zero attached hydrogens (tertiary/aromatic N) is 2. The average Bonchev–Trinajstić information content (AvgIpc) is 3.01. The summed E-state index contributed by atoms with van der Waals surface area (Å²) < 4.78 is 19.7. The molecule has 3 N–H and O–H groups in total. The number of benzene rings is 2. The number of H-pyrrole nitrogens is 1. The standard InChI is InChI=1S/C19H21FN4O2S/c1-24(2)7-8-26-17-10-16-15(9-14(17)20)22-19(23-16)27-11-12-3-5-13(6-4-12)18(21)25/h3-6,9-10H,7-8,11H2,1-2H3,(H2,21,25)(H,22,23). The van der Waals surface area contributed by atoms with Crippen molar-refractivity contribution in [2.75, 3.05) is 27.2 Å². The minimum atomic E-state index is -0.447. The molecule has 0 aliphatic rings. The first-order chi connectivity index (χ1) is 12.9. The number of ether oxygens (including phenoxy) is 1. The number of carbonyl (C=O) groups excluding carboxylic acids is 1. The molecule has 0 saturated heterocycles. The van der Waals surface area contributed by atoms with E-state index in [0.29, 0.717) is 40.7 Å². The van der Waals surface area contributed by atoms with Crippen molar-refractivity contribution >= 4 is 28.7 Å². The van der Waals surface area contributed by atoms with E-state index < -0.39 is 11.7 Å². The Bertz CT molecular complexity index is 941. The SMILES string of the molecule is CN(C)CCOc1cc2nc(SCc3ccc(C(N)=O)cc3)[nH]c2cc1F. The van der Waals surface area contributed by atoms with Crippen molar-refractivity contribution in [2.45, 2.75) is 10.9 Å². The summed E-state index contributed by atoms with van der Waals surface area (Å²) in [6.07, 6.45) is 0. The number of aromatic amines is 1. The zero-order valence-corrected chi connectivity index (χ0v) is 16.0. The molecular formula is C19H21FN4O2S. The zero-order valence-electron chi connectivity index (χ0n) is 15.2. The lowest BCUT2D eigenvalue weighted by atomic mass is 10.1. The maximum atomic E-state index is 14.2. The summed E-state index contributed by atoms with van der Waals surface area (Å²) in [4.78, 5) is 20.7. The Labute approximate surface area is 160 Å². The molecule has 8 heteroatoms. The molecule has 0 fully saturated rings. The number of primary amides is 1. The zero-order chi connectivity index (χ0) is 19.4. The van der Waals surface area contributed by atoms with E-state index in [-0.39, 0.29) is 5.75 Å². The van der Waals surface area contributed by atoms with Crippen LogP contribution in [0.2, 0.25) is 0 Å². The number of amides is 1. The van der Waals surface area contributed by atoms with Crippen molar-refractivity contribution in [1.82, 2.24) is 14.9 Å². The number of halogens is 1. The number of fused-ring (bicyclic) bond motifs is 1. The molecule has 2 aromatic carbocycles. The Kier molecular flexibility index (Phi) is 5.98. The van der Waals surface area contributed by atoms with Gasteiger partial charge in [0, 0.05) is 30.0 Å². The van der Waals surface area contributed by atoms with Crippen molar-refractivity contribution in [1.29, 1.82) is 0 Å². The number of hydrogen-bond donors (Lipinski definition) is 2. The van der Waals surface area contributed by atoms with Crippen LogP contribution in [0, 0.1) is 5.82 Å². The smallest absolute Gasteiger partial charge is 0.248 e. The third-order valence-electron chi connectivity index (χ3n) is 3.92. The lowest BCUT2D eigenvalue weighted by Crippen LogP contribution is -2.19. The molecule has 1 amide bonds. The fourth-order valence-corrected chi connectivity index (χ4v) is 3.26. The van der Waals surface area contributed by atoms with E-state index >= 15 is 0 Å². The Morgan fingerprint density at radius 1 is 1.30 bits per heavy atom. The fourth-order valence-electron chi connectivity index (χ4n) is 2.42. The van der Waals surface area contributed by atoms with Crippen LogP contribution in [-0.4, -0.2) is 48.0 Å². The highest BCUT2D eigenvalue weighted by atomic mass is 32.2. The molecule has 3 aromatic rings. The quantitative estimate of drug-likeness (QED) is 0.580. The number of imidazole rings is 1. The third kappa shape index (κ3) is 4.99. The van der Waals surface area contributed by atoms with Gasteiger partial charge < -0.3 is 20.4 Å². The summed E-state index contributed by atoms with van der Waals surface area (Å²) in [7, 11) is 3.86. The number of likely N-dealkylation sites (N-methyl/N-ethyl adjacent to an activating group) is 1. The largest absolute Gasteiger partial charge is 0.489 e. The molecular weight excluding hydrogens is 367 g/mol. The van der Waals surface area contributed by atoms with Gasteiger partial charge in [0.25, 0.3) is 0 Å². The Hall–Kier alpha value is -2.58. The number of aromatic nitrogens is 2. The van der Waals surface area contributed by atoms with Crippen molar-refractivity contribution in [3.8, 4) is 5.75 Å². The number of nitrogens with one attached hydrogen (secondary N) is 1. The van der Waals surface area contributed by atoms with E-state index in [2.05, 4.69) is 9.97 Å². The fraction of sp³-hybridized carbons (Fsp3) is 0.263. The van der Waals surface area contributed by atoms with Gasteiger partial charge in [-0.3, -0.25) is 4.79 Å². The van der Waals surface area contributed by atoms with Gasteiger partial charge in [0.05, 0.1) is 11.0 Å². The summed E-state index contributed by atoms with van der Waals surface area (Å²) in [5, 5.41) is 0.689. The normalized spacial score (nSPS) is 11.3. The topological polar surface area (TPSA) is 84.2 Å². The van der Waals surface area contributed by atoms with Gasteiger partial charge in [-0.1, -0.05) is 23.9 Å². The van der Waals surface area contributed by atoms with E-state index in [4.69, 9.17) is 10.5 Å². The molecule has 0 spiro atoms. The molecule has 27 heavy (non-hydrogen) atoms. The summed E-state index contributed by atoms with van der Waals surface area (Å²) in [5.41, 5.74) is 8.03. The van der Waals surface area contributed by atoms with E-state index in [1.807, 2.05) is 31.1 Å². The lowest BCUT2D eigenvalue weighted by Gasteiger charge is -2.11. The maximum absolute atomic E-state index is 14.2. The average molecular weight is 388 g/mol. The first-order valence-corrected chi connectivity index (χ1v) is 9.39. The van der Waals surface area contributed by atoms with Gasteiger partial charge in [-0.25, -0.2) is 9.37 Å². The Morgan fingerprint density at radius 2 is 2.04 bits per heavy atom. The molecule has 0 aliphatic heterocycles. The van der Waals surface area contributed by atoms with Gasteiger partial charge in [0.1, 0.15) is 6.61 Å². The van der Waals surface area contributed by atoms with Gasteiger partial charge in [0.2, 0.25) is 5.91 Å². The second-order valence-corrected chi connectivity index (χ2v) is 7.31. The van der Waals surface area contributed by atoms with Crippen molar-refractivity contribution in [2.24, 2.45) is 5.73 Å². The second-order valence-electron chi connectivity index (χ2n) is 6.34. The molecule has 0 aliphatic carbocycles. The highest BCUT2D eigenvalue weighted by molar-refractivity contribution is 7.98. The Morgan fingerprint density at radius 3 is 2.70 bits per heavy atom. The van der Waals surface area contributed by atoms with Gasteiger partial charge in [-0.05, 0) is 31.8 Å². The summed E-state index contributed by atoms with van der Waals surface area (Å²) in [6, 6.07) is 10.1. The molecule has 0 unspecified atom stereocenters. The molecule has 0 radical (unpaired) electrons. The van der Waals surface area contributed by atoms with Gasteiger partial charge in [0.15, 0.2) is 16.7 Å². The number of carbonyl (C=O) groups is 1. The number of nitrogens with two attached hydrogens (primary N) is 1.